The largest absolute Gasteiger partial charge is 0.497 e. The van der Waals surface area contributed by atoms with Crippen molar-refractivity contribution in [1.82, 2.24) is 20.6 Å². The Bertz CT molecular complexity index is 1390. The number of hydrogen-bond donors (Lipinski definition) is 4. The lowest BCUT2D eigenvalue weighted by Gasteiger charge is -2.38. The number of aromatic nitrogens is 2. The summed E-state index contributed by atoms with van der Waals surface area (Å²) in [5, 5.41) is 9.98. The number of pyridine rings is 1. The molecule has 4 N–H and O–H groups in total. The number of fused-ring (bicyclic) bond motifs is 1. The van der Waals surface area contributed by atoms with Crippen molar-refractivity contribution in [2.45, 2.75) is 50.0 Å². The van der Waals surface area contributed by atoms with Crippen molar-refractivity contribution in [3.63, 3.8) is 0 Å². The van der Waals surface area contributed by atoms with E-state index < -0.39 is 12.1 Å². The second kappa shape index (κ2) is 12.0. The molecule has 0 saturated heterocycles. The summed E-state index contributed by atoms with van der Waals surface area (Å²) in [6.07, 6.45) is 11.4. The van der Waals surface area contributed by atoms with Gasteiger partial charge in [0.15, 0.2) is 0 Å². The van der Waals surface area contributed by atoms with Gasteiger partial charge in [-0.15, -0.1) is 0 Å². The van der Waals surface area contributed by atoms with Crippen LogP contribution in [0.5, 0.6) is 5.75 Å². The zero-order valence-electron chi connectivity index (χ0n) is 22.2. The van der Waals surface area contributed by atoms with E-state index in [0.717, 1.165) is 47.7 Å². The van der Waals surface area contributed by atoms with Crippen LogP contribution in [0.3, 0.4) is 0 Å². The number of para-hydroxylation sites is 1. The molecular weight excluding hydrogens is 490 g/mol. The molecule has 2 aromatic heterocycles. The molecule has 5 rings (SSSR count). The fraction of sp³-hybridized carbons (Fsp3) is 0.323. The Kier molecular flexibility index (Phi) is 8.10. The van der Waals surface area contributed by atoms with E-state index in [2.05, 4.69) is 32.0 Å². The molecular formula is C31H35N5O3. The topological polar surface area (TPSA) is 108 Å². The maximum absolute atomic E-state index is 13.7. The van der Waals surface area contributed by atoms with E-state index in [0.29, 0.717) is 24.4 Å². The molecule has 0 radical (unpaired) electrons. The highest BCUT2D eigenvalue weighted by Crippen LogP contribution is 2.38. The molecule has 2 heterocycles. The second-order valence-electron chi connectivity index (χ2n) is 10.2. The van der Waals surface area contributed by atoms with Crippen LogP contribution in [0.2, 0.25) is 0 Å². The van der Waals surface area contributed by atoms with Crippen LogP contribution >= 0.6 is 0 Å². The minimum atomic E-state index is -0.767. The van der Waals surface area contributed by atoms with Crippen LogP contribution < -0.4 is 20.7 Å². The fourth-order valence-electron chi connectivity index (χ4n) is 5.58. The van der Waals surface area contributed by atoms with Crippen molar-refractivity contribution in [1.29, 1.82) is 0 Å². The maximum atomic E-state index is 13.7. The molecule has 202 valence electrons. The number of anilines is 1. The zero-order chi connectivity index (χ0) is 27.1. The van der Waals surface area contributed by atoms with Gasteiger partial charge in [0.2, 0.25) is 5.91 Å². The molecule has 0 bridgehead atoms. The molecule has 1 aliphatic rings. The Labute approximate surface area is 228 Å². The number of nitrogens with zero attached hydrogens (tertiary/aromatic N) is 1. The van der Waals surface area contributed by atoms with Crippen molar-refractivity contribution in [2.75, 3.05) is 19.0 Å². The number of benzene rings is 2. The minimum absolute atomic E-state index is 0.154. The van der Waals surface area contributed by atoms with Crippen LogP contribution in [-0.4, -0.2) is 41.6 Å². The highest BCUT2D eigenvalue weighted by molar-refractivity contribution is 5.94. The van der Waals surface area contributed by atoms with Crippen LogP contribution in [0, 0.1) is 0 Å². The number of ether oxygens (including phenoxy) is 1. The van der Waals surface area contributed by atoms with Gasteiger partial charge in [-0.05, 0) is 60.4 Å². The number of hydrogen-bond acceptors (Lipinski definition) is 4. The minimum Gasteiger partial charge on any atom is -0.497 e. The van der Waals surface area contributed by atoms with Gasteiger partial charge in [-0.2, -0.15) is 0 Å². The van der Waals surface area contributed by atoms with Gasteiger partial charge in [0.05, 0.1) is 7.11 Å². The highest BCUT2D eigenvalue weighted by atomic mass is 16.5. The van der Waals surface area contributed by atoms with Crippen molar-refractivity contribution >= 4 is 28.5 Å². The predicted octanol–water partition coefficient (Wildman–Crippen LogP) is 5.32. The summed E-state index contributed by atoms with van der Waals surface area (Å²) in [7, 11) is 1.59. The van der Waals surface area contributed by atoms with Gasteiger partial charge in [-0.25, -0.2) is 4.79 Å². The van der Waals surface area contributed by atoms with E-state index in [1.807, 2.05) is 42.7 Å². The van der Waals surface area contributed by atoms with Crippen LogP contribution in [0.25, 0.3) is 10.9 Å². The summed E-state index contributed by atoms with van der Waals surface area (Å²) < 4.78 is 5.19. The third-order valence-corrected chi connectivity index (χ3v) is 7.75. The monoisotopic (exact) mass is 525 g/mol. The molecule has 0 unspecified atom stereocenters. The Morgan fingerprint density at radius 2 is 1.82 bits per heavy atom. The van der Waals surface area contributed by atoms with Gasteiger partial charge in [-0.3, -0.25) is 9.78 Å². The first-order chi connectivity index (χ1) is 19.1. The number of nitrogens with one attached hydrogen (secondary N) is 4. The molecule has 0 aliphatic heterocycles. The van der Waals surface area contributed by atoms with Gasteiger partial charge >= 0.3 is 6.03 Å². The first-order valence-electron chi connectivity index (χ1n) is 13.5. The molecule has 8 heteroatoms. The molecule has 1 fully saturated rings. The normalized spacial score (nSPS) is 15.3. The quantitative estimate of drug-likeness (QED) is 0.237. The number of carbonyl (C=O) groups is 2. The number of carbonyl (C=O) groups excluding carboxylic acids is 2. The van der Waals surface area contributed by atoms with E-state index >= 15 is 0 Å². The Balaban J connectivity index is 1.34. The number of methoxy groups -OCH3 is 1. The number of amides is 3. The third-order valence-electron chi connectivity index (χ3n) is 7.75. The Morgan fingerprint density at radius 3 is 2.56 bits per heavy atom. The van der Waals surface area contributed by atoms with Crippen LogP contribution in [0.1, 0.15) is 43.2 Å². The average molecular weight is 526 g/mol. The van der Waals surface area contributed by atoms with Crippen molar-refractivity contribution in [3.05, 3.63) is 90.4 Å². The third kappa shape index (κ3) is 6.22. The standard InChI is InChI=1S/C31H35N5O3/c1-39-25-13-11-24(12-14-25)35-30(38)36-28(18-22-19-33-27-10-4-3-9-26(22)27)29(37)34-21-31(15-5-2-6-16-31)23-8-7-17-32-20-23/h3-4,7-14,17,19-20,28,33H,2,5-6,15-16,18,21H2,1H3,(H,34,37)(H2,35,36,38)/t28-/m1/s1. The molecule has 39 heavy (non-hydrogen) atoms. The Morgan fingerprint density at radius 1 is 1.03 bits per heavy atom. The first-order valence-corrected chi connectivity index (χ1v) is 13.5. The molecule has 1 atom stereocenters. The lowest BCUT2D eigenvalue weighted by molar-refractivity contribution is -0.123. The van der Waals surface area contributed by atoms with Crippen LogP contribution in [0.15, 0.2) is 79.3 Å². The van der Waals surface area contributed by atoms with Gasteiger partial charge in [0.1, 0.15) is 11.8 Å². The summed E-state index contributed by atoms with van der Waals surface area (Å²) in [6.45, 7) is 0.504. The summed E-state index contributed by atoms with van der Waals surface area (Å²) >= 11 is 0. The first kappa shape index (κ1) is 26.3. The van der Waals surface area contributed by atoms with Crippen LogP contribution in [-0.2, 0) is 16.6 Å². The average Bonchev–Trinajstić information content (AvgIpc) is 3.39. The fourth-order valence-corrected chi connectivity index (χ4v) is 5.58. The SMILES string of the molecule is COc1ccc(NC(=O)N[C@H](Cc2c[nH]c3ccccc23)C(=O)NCC2(c3cccnc3)CCCCC2)cc1. The second-order valence-corrected chi connectivity index (χ2v) is 10.2. The van der Waals surface area contributed by atoms with Gasteiger partial charge < -0.3 is 25.7 Å². The van der Waals surface area contributed by atoms with Gasteiger partial charge in [0, 0.05) is 53.6 Å². The molecule has 3 amide bonds. The smallest absolute Gasteiger partial charge is 0.319 e. The van der Waals surface area contributed by atoms with E-state index in [-0.39, 0.29) is 11.3 Å². The molecule has 1 aliphatic carbocycles. The van der Waals surface area contributed by atoms with Crippen molar-refractivity contribution in [3.8, 4) is 5.75 Å². The summed E-state index contributed by atoms with van der Waals surface area (Å²) in [5.41, 5.74) is 3.57. The lowest BCUT2D eigenvalue weighted by Crippen LogP contribution is -2.52. The summed E-state index contributed by atoms with van der Waals surface area (Å²) in [4.78, 5) is 34.3. The number of rotatable bonds is 9. The summed E-state index contributed by atoms with van der Waals surface area (Å²) in [5.74, 6) is 0.488. The number of aromatic amines is 1. The molecule has 8 nitrogen and oxygen atoms in total. The summed E-state index contributed by atoms with van der Waals surface area (Å²) in [6, 6.07) is 17.9. The number of H-pyrrole nitrogens is 1. The molecule has 0 spiro atoms. The van der Waals surface area contributed by atoms with Gasteiger partial charge in [0.25, 0.3) is 0 Å². The Hall–Kier alpha value is -4.33. The van der Waals surface area contributed by atoms with E-state index in [4.69, 9.17) is 4.74 Å². The van der Waals surface area contributed by atoms with E-state index in [1.165, 1.54) is 6.42 Å². The maximum Gasteiger partial charge on any atom is 0.319 e. The molecule has 1 saturated carbocycles. The number of urea groups is 1. The van der Waals surface area contributed by atoms with Gasteiger partial charge in [-0.1, -0.05) is 43.5 Å². The zero-order valence-corrected chi connectivity index (χ0v) is 22.2. The molecule has 2 aromatic carbocycles. The highest BCUT2D eigenvalue weighted by Gasteiger charge is 2.35. The predicted molar refractivity (Wildman–Crippen MR) is 153 cm³/mol. The lowest BCUT2D eigenvalue weighted by atomic mass is 9.70. The van der Waals surface area contributed by atoms with Crippen molar-refractivity contribution in [2.24, 2.45) is 0 Å². The van der Waals surface area contributed by atoms with E-state index in [1.54, 1.807) is 37.6 Å². The van der Waals surface area contributed by atoms with Crippen LogP contribution in [0.4, 0.5) is 10.5 Å². The molecule has 4 aromatic rings. The van der Waals surface area contributed by atoms with E-state index in [9.17, 15) is 9.59 Å². The van der Waals surface area contributed by atoms with Crippen molar-refractivity contribution < 1.29 is 14.3 Å².